The number of hydrogen-bond donors (Lipinski definition) is 0. The summed E-state index contributed by atoms with van der Waals surface area (Å²) < 4.78 is 6.97. The maximum Gasteiger partial charge on any atom is 0.258 e. The summed E-state index contributed by atoms with van der Waals surface area (Å²) in [5, 5.41) is 4.16. The van der Waals surface area contributed by atoms with Gasteiger partial charge in [0.1, 0.15) is 5.65 Å². The topological polar surface area (TPSA) is 76.5 Å². The van der Waals surface area contributed by atoms with E-state index in [1.54, 1.807) is 16.7 Å². The summed E-state index contributed by atoms with van der Waals surface area (Å²) in [4.78, 5) is 24.0. The molecule has 0 amide bonds. The monoisotopic (exact) mass is 379 g/mol. The van der Waals surface area contributed by atoms with E-state index >= 15 is 0 Å². The molecule has 0 bridgehead atoms. The van der Waals surface area contributed by atoms with Gasteiger partial charge in [0.05, 0.1) is 5.69 Å². The number of rotatable bonds is 5. The molecule has 0 radical (unpaired) electrons. The average molecular weight is 379 g/mol. The zero-order chi connectivity index (χ0) is 19.1. The lowest BCUT2D eigenvalue weighted by Gasteiger charge is -2.31. The number of likely N-dealkylation sites (tertiary alicyclic amines) is 1. The summed E-state index contributed by atoms with van der Waals surface area (Å²) in [6.07, 6.45) is 7.29. The SMILES string of the molecule is Cc1ccn2c(=O)cc(CN3CCC(Cc4noc(C5CC5)n4)CC3)nc2c1. The number of pyridine rings is 1. The van der Waals surface area contributed by atoms with Gasteiger partial charge in [-0.2, -0.15) is 4.98 Å². The number of hydrogen-bond acceptors (Lipinski definition) is 6. The van der Waals surface area contributed by atoms with Crippen molar-refractivity contribution in [3.05, 3.63) is 57.7 Å². The molecule has 0 aromatic carbocycles. The van der Waals surface area contributed by atoms with E-state index in [0.29, 0.717) is 11.8 Å². The van der Waals surface area contributed by atoms with Gasteiger partial charge < -0.3 is 4.52 Å². The first kappa shape index (κ1) is 17.6. The third kappa shape index (κ3) is 3.71. The highest BCUT2D eigenvalue weighted by molar-refractivity contribution is 5.41. The standard InChI is InChI=1S/C21H25N5O2/c1-14-4-9-26-19(10-14)22-17(12-20(26)27)13-25-7-5-15(6-8-25)11-18-23-21(28-24-18)16-2-3-16/h4,9-10,12,15-16H,2-3,5-8,11,13H2,1H3. The molecule has 1 aliphatic carbocycles. The molecule has 28 heavy (non-hydrogen) atoms. The molecule has 146 valence electrons. The zero-order valence-corrected chi connectivity index (χ0v) is 16.2. The Labute approximate surface area is 163 Å². The Hall–Kier alpha value is -2.54. The fourth-order valence-electron chi connectivity index (χ4n) is 4.02. The molecule has 4 heterocycles. The summed E-state index contributed by atoms with van der Waals surface area (Å²) in [7, 11) is 0. The number of aryl methyl sites for hydroxylation is 1. The van der Waals surface area contributed by atoms with Crippen molar-refractivity contribution in [3.8, 4) is 0 Å². The Morgan fingerprint density at radius 1 is 1.14 bits per heavy atom. The predicted octanol–water partition coefficient (Wildman–Crippen LogP) is 2.72. The van der Waals surface area contributed by atoms with Gasteiger partial charge in [0, 0.05) is 31.1 Å². The molecule has 2 aliphatic rings. The van der Waals surface area contributed by atoms with Crippen molar-refractivity contribution in [2.45, 2.75) is 51.5 Å². The molecular weight excluding hydrogens is 354 g/mol. The Kier molecular flexibility index (Phi) is 4.47. The molecule has 3 aromatic rings. The van der Waals surface area contributed by atoms with Crippen LogP contribution in [0.2, 0.25) is 0 Å². The Bertz CT molecular complexity index is 1040. The second-order valence-electron chi connectivity index (χ2n) is 8.26. The first-order valence-electron chi connectivity index (χ1n) is 10.2. The Balaban J connectivity index is 1.20. The largest absolute Gasteiger partial charge is 0.339 e. The lowest BCUT2D eigenvalue weighted by atomic mass is 9.93. The van der Waals surface area contributed by atoms with Gasteiger partial charge in [0.25, 0.3) is 5.56 Å². The number of fused-ring (bicyclic) bond motifs is 1. The van der Waals surface area contributed by atoms with E-state index in [9.17, 15) is 4.79 Å². The lowest BCUT2D eigenvalue weighted by Crippen LogP contribution is -2.34. The maximum atomic E-state index is 12.3. The Morgan fingerprint density at radius 2 is 1.96 bits per heavy atom. The summed E-state index contributed by atoms with van der Waals surface area (Å²) in [6.45, 7) is 4.75. The molecule has 1 saturated carbocycles. The van der Waals surface area contributed by atoms with E-state index in [-0.39, 0.29) is 5.56 Å². The minimum Gasteiger partial charge on any atom is -0.339 e. The van der Waals surface area contributed by atoms with Crippen LogP contribution in [0.25, 0.3) is 5.65 Å². The third-order valence-corrected chi connectivity index (χ3v) is 5.85. The van der Waals surface area contributed by atoms with Gasteiger partial charge in [-0.15, -0.1) is 0 Å². The van der Waals surface area contributed by atoms with Crippen molar-refractivity contribution in [2.24, 2.45) is 5.92 Å². The molecule has 3 aromatic heterocycles. The zero-order valence-electron chi connectivity index (χ0n) is 16.2. The predicted molar refractivity (Wildman–Crippen MR) is 104 cm³/mol. The molecule has 1 saturated heterocycles. The van der Waals surface area contributed by atoms with Crippen LogP contribution in [0.1, 0.15) is 54.6 Å². The highest BCUT2D eigenvalue weighted by Crippen LogP contribution is 2.39. The smallest absolute Gasteiger partial charge is 0.258 e. The van der Waals surface area contributed by atoms with Crippen LogP contribution in [-0.2, 0) is 13.0 Å². The quantitative estimate of drug-likeness (QED) is 0.678. The van der Waals surface area contributed by atoms with Crippen LogP contribution in [0, 0.1) is 12.8 Å². The van der Waals surface area contributed by atoms with Crippen LogP contribution in [-0.4, -0.2) is 37.5 Å². The second kappa shape index (κ2) is 7.13. The van der Waals surface area contributed by atoms with Crippen molar-refractivity contribution < 1.29 is 4.52 Å². The summed E-state index contributed by atoms with van der Waals surface area (Å²) in [5.74, 6) is 2.81. The van der Waals surface area contributed by atoms with E-state index in [1.807, 2.05) is 19.1 Å². The normalized spacial score (nSPS) is 18.8. The average Bonchev–Trinajstić information content (AvgIpc) is 3.42. The molecule has 1 aliphatic heterocycles. The fraction of sp³-hybridized carbons (Fsp3) is 0.524. The van der Waals surface area contributed by atoms with Crippen LogP contribution in [0.4, 0.5) is 0 Å². The van der Waals surface area contributed by atoms with Crippen molar-refractivity contribution >= 4 is 5.65 Å². The molecule has 0 spiro atoms. The number of piperidine rings is 1. The van der Waals surface area contributed by atoms with Crippen molar-refractivity contribution in [3.63, 3.8) is 0 Å². The van der Waals surface area contributed by atoms with Gasteiger partial charge in [0.15, 0.2) is 5.82 Å². The lowest BCUT2D eigenvalue weighted by molar-refractivity contribution is 0.173. The third-order valence-electron chi connectivity index (χ3n) is 5.85. The van der Waals surface area contributed by atoms with Crippen LogP contribution in [0.5, 0.6) is 0 Å². The van der Waals surface area contributed by atoms with E-state index < -0.39 is 0 Å². The van der Waals surface area contributed by atoms with Gasteiger partial charge in [0.2, 0.25) is 5.89 Å². The van der Waals surface area contributed by atoms with E-state index in [4.69, 9.17) is 9.51 Å². The highest BCUT2D eigenvalue weighted by Gasteiger charge is 2.30. The second-order valence-corrected chi connectivity index (χ2v) is 8.26. The molecule has 5 rings (SSSR count). The van der Waals surface area contributed by atoms with E-state index in [0.717, 1.165) is 67.5 Å². The van der Waals surface area contributed by atoms with Gasteiger partial charge >= 0.3 is 0 Å². The number of aromatic nitrogens is 4. The summed E-state index contributed by atoms with van der Waals surface area (Å²) in [6, 6.07) is 5.54. The summed E-state index contributed by atoms with van der Waals surface area (Å²) in [5.41, 5.74) is 2.66. The minimum atomic E-state index is -0.0153. The molecule has 2 fully saturated rings. The van der Waals surface area contributed by atoms with E-state index in [2.05, 4.69) is 15.0 Å². The molecule has 7 heteroatoms. The van der Waals surface area contributed by atoms with Crippen LogP contribution >= 0.6 is 0 Å². The van der Waals surface area contributed by atoms with E-state index in [1.165, 1.54) is 12.8 Å². The molecule has 0 N–H and O–H groups in total. The first-order chi connectivity index (χ1) is 13.6. The number of nitrogens with zero attached hydrogens (tertiary/aromatic N) is 5. The van der Waals surface area contributed by atoms with Crippen LogP contribution < -0.4 is 5.56 Å². The van der Waals surface area contributed by atoms with Gasteiger partial charge in [-0.05, 0) is 69.3 Å². The van der Waals surface area contributed by atoms with Gasteiger partial charge in [-0.3, -0.25) is 14.1 Å². The van der Waals surface area contributed by atoms with Crippen molar-refractivity contribution in [2.75, 3.05) is 13.1 Å². The van der Waals surface area contributed by atoms with Crippen molar-refractivity contribution in [1.82, 2.24) is 24.4 Å². The minimum absolute atomic E-state index is 0.0153. The maximum absolute atomic E-state index is 12.3. The van der Waals surface area contributed by atoms with Gasteiger partial charge in [-0.1, -0.05) is 5.16 Å². The molecule has 0 atom stereocenters. The summed E-state index contributed by atoms with van der Waals surface area (Å²) >= 11 is 0. The first-order valence-corrected chi connectivity index (χ1v) is 10.2. The van der Waals surface area contributed by atoms with Gasteiger partial charge in [-0.25, -0.2) is 4.98 Å². The molecule has 0 unspecified atom stereocenters. The Morgan fingerprint density at radius 3 is 2.75 bits per heavy atom. The fourth-order valence-corrected chi connectivity index (χ4v) is 4.02. The highest BCUT2D eigenvalue weighted by atomic mass is 16.5. The molecule has 7 nitrogen and oxygen atoms in total. The van der Waals surface area contributed by atoms with Crippen molar-refractivity contribution in [1.29, 1.82) is 0 Å². The molecular formula is C21H25N5O2. The van der Waals surface area contributed by atoms with Crippen LogP contribution in [0.15, 0.2) is 33.7 Å². The van der Waals surface area contributed by atoms with Crippen LogP contribution in [0.3, 0.4) is 0 Å².